The zero-order valence-corrected chi connectivity index (χ0v) is 18.2. The summed E-state index contributed by atoms with van der Waals surface area (Å²) >= 11 is 7.30. The first-order valence-electron chi connectivity index (χ1n) is 9.47. The number of carbonyl (C=O) groups excluding carboxylic acids is 1. The van der Waals surface area contributed by atoms with E-state index in [0.717, 1.165) is 11.1 Å². The molecule has 30 heavy (non-hydrogen) atoms. The molecule has 0 saturated carbocycles. The standard InChI is InChI=1S/C22H22ClFN4OS/c1-3-12-28-21(17-8-10-18(23)11-9-17)25-26-22(28)30-15-20(29)27(4-2)14-16-6-5-7-19(24)13-16/h3,5-11,13H,1,4,12,14-15H2,2H3. The lowest BCUT2D eigenvalue weighted by molar-refractivity contribution is -0.128. The summed E-state index contributed by atoms with van der Waals surface area (Å²) in [6.45, 7) is 7.12. The van der Waals surface area contributed by atoms with Crippen LogP contribution in [0, 0.1) is 5.82 Å². The van der Waals surface area contributed by atoms with Gasteiger partial charge in [-0.05, 0) is 48.9 Å². The molecule has 0 aliphatic carbocycles. The van der Waals surface area contributed by atoms with E-state index in [9.17, 15) is 9.18 Å². The fourth-order valence-electron chi connectivity index (χ4n) is 2.95. The number of rotatable bonds is 9. The topological polar surface area (TPSA) is 51.0 Å². The molecule has 0 unspecified atom stereocenters. The number of hydrogen-bond acceptors (Lipinski definition) is 4. The van der Waals surface area contributed by atoms with Gasteiger partial charge in [0.2, 0.25) is 5.91 Å². The zero-order chi connectivity index (χ0) is 21.5. The predicted octanol–water partition coefficient (Wildman–Crippen LogP) is 5.06. The lowest BCUT2D eigenvalue weighted by Gasteiger charge is -2.21. The number of allylic oxidation sites excluding steroid dienone is 1. The number of thioether (sulfide) groups is 1. The number of amides is 1. The Labute approximate surface area is 184 Å². The van der Waals surface area contributed by atoms with Crippen molar-refractivity contribution in [3.8, 4) is 11.4 Å². The van der Waals surface area contributed by atoms with Gasteiger partial charge in [-0.15, -0.1) is 16.8 Å². The molecule has 8 heteroatoms. The van der Waals surface area contributed by atoms with Gasteiger partial charge in [0.05, 0.1) is 5.75 Å². The van der Waals surface area contributed by atoms with Crippen molar-refractivity contribution in [2.24, 2.45) is 0 Å². The first-order chi connectivity index (χ1) is 14.5. The van der Waals surface area contributed by atoms with Gasteiger partial charge in [0.1, 0.15) is 5.82 Å². The molecule has 1 amide bonds. The van der Waals surface area contributed by atoms with Crippen molar-refractivity contribution in [2.45, 2.75) is 25.2 Å². The molecule has 0 aliphatic rings. The molecular formula is C22H22ClFN4OS. The van der Waals surface area contributed by atoms with E-state index in [1.807, 2.05) is 29.7 Å². The van der Waals surface area contributed by atoms with Crippen LogP contribution in [0.25, 0.3) is 11.4 Å². The van der Waals surface area contributed by atoms with E-state index in [1.54, 1.807) is 29.2 Å². The zero-order valence-electron chi connectivity index (χ0n) is 16.6. The summed E-state index contributed by atoms with van der Waals surface area (Å²) in [5, 5.41) is 9.83. The molecule has 3 rings (SSSR count). The van der Waals surface area contributed by atoms with Crippen LogP contribution in [-0.2, 0) is 17.9 Å². The van der Waals surface area contributed by atoms with Crippen molar-refractivity contribution in [1.82, 2.24) is 19.7 Å². The van der Waals surface area contributed by atoms with Gasteiger partial charge in [-0.2, -0.15) is 0 Å². The van der Waals surface area contributed by atoms with Gasteiger partial charge in [0.15, 0.2) is 11.0 Å². The summed E-state index contributed by atoms with van der Waals surface area (Å²) in [6.07, 6.45) is 1.76. The van der Waals surface area contributed by atoms with E-state index in [4.69, 9.17) is 11.6 Å². The summed E-state index contributed by atoms with van der Waals surface area (Å²) in [7, 11) is 0. The fraction of sp³-hybridized carbons (Fsp3) is 0.227. The van der Waals surface area contributed by atoms with Crippen LogP contribution in [0.2, 0.25) is 5.02 Å². The minimum atomic E-state index is -0.308. The fourth-order valence-corrected chi connectivity index (χ4v) is 3.93. The van der Waals surface area contributed by atoms with Crippen LogP contribution in [0.15, 0.2) is 66.3 Å². The highest BCUT2D eigenvalue weighted by molar-refractivity contribution is 7.99. The van der Waals surface area contributed by atoms with E-state index in [0.29, 0.717) is 35.6 Å². The second-order valence-electron chi connectivity index (χ2n) is 6.54. The van der Waals surface area contributed by atoms with Gasteiger partial charge in [-0.3, -0.25) is 9.36 Å². The maximum atomic E-state index is 13.4. The first-order valence-corrected chi connectivity index (χ1v) is 10.8. The Morgan fingerprint density at radius 3 is 2.70 bits per heavy atom. The van der Waals surface area contributed by atoms with E-state index < -0.39 is 0 Å². The molecule has 0 radical (unpaired) electrons. The average Bonchev–Trinajstić information content (AvgIpc) is 3.13. The van der Waals surface area contributed by atoms with Crippen molar-refractivity contribution in [1.29, 1.82) is 0 Å². The lowest BCUT2D eigenvalue weighted by Crippen LogP contribution is -2.31. The third kappa shape index (κ3) is 5.49. The Bertz CT molecular complexity index is 1020. The molecule has 0 saturated heterocycles. The maximum Gasteiger partial charge on any atom is 0.233 e. The Morgan fingerprint density at radius 1 is 1.27 bits per heavy atom. The third-order valence-electron chi connectivity index (χ3n) is 4.45. The number of hydrogen-bond donors (Lipinski definition) is 0. The van der Waals surface area contributed by atoms with Crippen LogP contribution in [0.5, 0.6) is 0 Å². The molecule has 0 fully saturated rings. The predicted molar refractivity (Wildman–Crippen MR) is 119 cm³/mol. The average molecular weight is 445 g/mol. The van der Waals surface area contributed by atoms with Gasteiger partial charge in [-0.25, -0.2) is 4.39 Å². The largest absolute Gasteiger partial charge is 0.338 e. The Balaban J connectivity index is 1.71. The molecule has 1 aromatic heterocycles. The molecule has 156 valence electrons. The molecule has 2 aromatic carbocycles. The molecule has 0 N–H and O–H groups in total. The highest BCUT2D eigenvalue weighted by Crippen LogP contribution is 2.25. The van der Waals surface area contributed by atoms with Crippen LogP contribution in [0.1, 0.15) is 12.5 Å². The van der Waals surface area contributed by atoms with Gasteiger partial charge in [0.25, 0.3) is 0 Å². The first kappa shape index (κ1) is 22.1. The Hall–Kier alpha value is -2.64. The maximum absolute atomic E-state index is 13.4. The number of benzene rings is 2. The minimum absolute atomic E-state index is 0.0482. The van der Waals surface area contributed by atoms with Crippen molar-refractivity contribution in [3.63, 3.8) is 0 Å². The van der Waals surface area contributed by atoms with Crippen molar-refractivity contribution in [3.05, 3.63) is 77.6 Å². The van der Waals surface area contributed by atoms with Gasteiger partial charge in [0, 0.05) is 30.2 Å². The number of aromatic nitrogens is 3. The lowest BCUT2D eigenvalue weighted by atomic mass is 10.2. The number of nitrogens with zero attached hydrogens (tertiary/aromatic N) is 4. The van der Waals surface area contributed by atoms with E-state index >= 15 is 0 Å². The molecule has 1 heterocycles. The molecule has 0 atom stereocenters. The van der Waals surface area contributed by atoms with Gasteiger partial charge < -0.3 is 4.90 Å². The molecule has 0 aliphatic heterocycles. The summed E-state index contributed by atoms with van der Waals surface area (Å²) in [4.78, 5) is 14.4. The van der Waals surface area contributed by atoms with E-state index in [2.05, 4.69) is 16.8 Å². The van der Waals surface area contributed by atoms with E-state index in [1.165, 1.54) is 23.9 Å². The van der Waals surface area contributed by atoms with Crippen molar-refractivity contribution < 1.29 is 9.18 Å². The molecule has 5 nitrogen and oxygen atoms in total. The molecular weight excluding hydrogens is 423 g/mol. The monoisotopic (exact) mass is 444 g/mol. The number of halogens is 2. The smallest absolute Gasteiger partial charge is 0.233 e. The molecule has 0 bridgehead atoms. The van der Waals surface area contributed by atoms with E-state index in [-0.39, 0.29) is 17.5 Å². The summed E-state index contributed by atoms with van der Waals surface area (Å²) in [6, 6.07) is 13.6. The van der Waals surface area contributed by atoms with Crippen LogP contribution < -0.4 is 0 Å². The highest BCUT2D eigenvalue weighted by atomic mass is 35.5. The van der Waals surface area contributed by atoms with Crippen molar-refractivity contribution in [2.75, 3.05) is 12.3 Å². The summed E-state index contributed by atoms with van der Waals surface area (Å²) in [5.41, 5.74) is 1.64. The van der Waals surface area contributed by atoms with Gasteiger partial charge in [-0.1, -0.05) is 41.6 Å². The van der Waals surface area contributed by atoms with Crippen LogP contribution >= 0.6 is 23.4 Å². The second kappa shape index (κ2) is 10.4. The molecule has 3 aromatic rings. The second-order valence-corrected chi connectivity index (χ2v) is 7.92. The number of carbonyl (C=O) groups is 1. The van der Waals surface area contributed by atoms with Crippen LogP contribution in [0.4, 0.5) is 4.39 Å². The highest BCUT2D eigenvalue weighted by Gasteiger charge is 2.18. The van der Waals surface area contributed by atoms with Crippen LogP contribution in [-0.4, -0.2) is 37.9 Å². The minimum Gasteiger partial charge on any atom is -0.338 e. The third-order valence-corrected chi connectivity index (χ3v) is 5.66. The quantitative estimate of drug-likeness (QED) is 0.341. The summed E-state index contributed by atoms with van der Waals surface area (Å²) in [5.74, 6) is 0.540. The summed E-state index contributed by atoms with van der Waals surface area (Å²) < 4.78 is 15.3. The van der Waals surface area contributed by atoms with Crippen LogP contribution in [0.3, 0.4) is 0 Å². The normalized spacial score (nSPS) is 10.8. The van der Waals surface area contributed by atoms with Crippen molar-refractivity contribution >= 4 is 29.3 Å². The van der Waals surface area contributed by atoms with Gasteiger partial charge >= 0.3 is 0 Å². The Kier molecular flexibility index (Phi) is 7.65. The molecule has 0 spiro atoms. The SMILES string of the molecule is C=CCn1c(SCC(=O)N(CC)Cc2cccc(F)c2)nnc1-c1ccc(Cl)cc1. The Morgan fingerprint density at radius 2 is 2.03 bits per heavy atom.